The maximum Gasteiger partial charge on any atom is 0.327 e. The van der Waals surface area contributed by atoms with Gasteiger partial charge in [0, 0.05) is 5.56 Å². The van der Waals surface area contributed by atoms with E-state index in [9.17, 15) is 4.79 Å². The summed E-state index contributed by atoms with van der Waals surface area (Å²) in [5, 5.41) is 3.14. The predicted molar refractivity (Wildman–Crippen MR) is 96.6 cm³/mol. The molecule has 3 heteroatoms. The number of urea groups is 1. The standard InChI is InChI=1S/C21H18N2O/c1-15-11-13-16(14-12-15)20-18-9-5-6-10-19(18)23(21(24)22-20)17-7-3-2-4-8-17/h2-14,20H,1H3,(H,22,24). The summed E-state index contributed by atoms with van der Waals surface area (Å²) in [6.45, 7) is 2.06. The highest BCUT2D eigenvalue weighted by Gasteiger charge is 2.32. The van der Waals surface area contributed by atoms with Crippen LogP contribution in [0, 0.1) is 6.92 Å². The number of anilines is 2. The molecule has 1 heterocycles. The number of hydrogen-bond donors (Lipinski definition) is 1. The lowest BCUT2D eigenvalue weighted by atomic mass is 9.94. The van der Waals surface area contributed by atoms with Gasteiger partial charge in [0.15, 0.2) is 0 Å². The minimum atomic E-state index is -0.130. The molecule has 4 rings (SSSR count). The van der Waals surface area contributed by atoms with E-state index in [1.165, 1.54) is 5.56 Å². The van der Waals surface area contributed by atoms with Gasteiger partial charge >= 0.3 is 6.03 Å². The minimum Gasteiger partial charge on any atom is -0.326 e. The van der Waals surface area contributed by atoms with Gasteiger partial charge in [-0.15, -0.1) is 0 Å². The maximum atomic E-state index is 12.8. The highest BCUT2D eigenvalue weighted by atomic mass is 16.2. The monoisotopic (exact) mass is 314 g/mol. The van der Waals surface area contributed by atoms with Crippen LogP contribution in [-0.4, -0.2) is 6.03 Å². The van der Waals surface area contributed by atoms with Crippen molar-refractivity contribution >= 4 is 17.4 Å². The number of hydrogen-bond acceptors (Lipinski definition) is 1. The molecule has 3 aromatic carbocycles. The Bertz CT molecular complexity index is 872. The van der Waals surface area contributed by atoms with Crippen LogP contribution < -0.4 is 10.2 Å². The quantitative estimate of drug-likeness (QED) is 0.713. The van der Waals surface area contributed by atoms with E-state index in [0.29, 0.717) is 0 Å². The van der Waals surface area contributed by atoms with Gasteiger partial charge in [-0.05, 0) is 30.7 Å². The second-order valence-electron chi connectivity index (χ2n) is 6.02. The molecule has 0 aliphatic carbocycles. The number of aryl methyl sites for hydroxylation is 1. The lowest BCUT2D eigenvalue weighted by Crippen LogP contribution is -2.44. The van der Waals surface area contributed by atoms with Gasteiger partial charge in [-0.1, -0.05) is 66.2 Å². The van der Waals surface area contributed by atoms with Crippen LogP contribution in [-0.2, 0) is 0 Å². The highest BCUT2D eigenvalue weighted by Crippen LogP contribution is 2.38. The van der Waals surface area contributed by atoms with Gasteiger partial charge in [0.25, 0.3) is 0 Å². The van der Waals surface area contributed by atoms with Gasteiger partial charge in [-0.25, -0.2) is 4.79 Å². The fourth-order valence-corrected chi connectivity index (χ4v) is 3.17. The van der Waals surface area contributed by atoms with Crippen molar-refractivity contribution in [3.8, 4) is 0 Å². The molecular weight excluding hydrogens is 296 g/mol. The number of nitrogens with one attached hydrogen (secondary N) is 1. The van der Waals surface area contributed by atoms with Gasteiger partial charge in [0.2, 0.25) is 0 Å². The van der Waals surface area contributed by atoms with Crippen molar-refractivity contribution in [2.45, 2.75) is 13.0 Å². The molecular formula is C21H18N2O. The molecule has 2 amide bonds. The minimum absolute atomic E-state index is 0.106. The second-order valence-corrected chi connectivity index (χ2v) is 6.02. The third-order valence-electron chi connectivity index (χ3n) is 4.38. The molecule has 0 fully saturated rings. The lowest BCUT2D eigenvalue weighted by Gasteiger charge is -2.35. The molecule has 0 spiro atoms. The van der Waals surface area contributed by atoms with Crippen LogP contribution in [0.3, 0.4) is 0 Å². The Morgan fingerprint density at radius 1 is 0.833 bits per heavy atom. The summed E-state index contributed by atoms with van der Waals surface area (Å²) in [5.41, 5.74) is 5.20. The topological polar surface area (TPSA) is 32.3 Å². The first kappa shape index (κ1) is 14.5. The molecule has 3 aromatic rings. The predicted octanol–water partition coefficient (Wildman–Crippen LogP) is 4.95. The zero-order chi connectivity index (χ0) is 16.5. The molecule has 0 saturated heterocycles. The molecule has 3 nitrogen and oxygen atoms in total. The summed E-state index contributed by atoms with van der Waals surface area (Å²) in [7, 11) is 0. The molecule has 1 N–H and O–H groups in total. The summed E-state index contributed by atoms with van der Waals surface area (Å²) in [6, 6.07) is 25.9. The molecule has 1 unspecified atom stereocenters. The molecule has 1 aliphatic rings. The third kappa shape index (κ3) is 2.44. The van der Waals surface area contributed by atoms with Gasteiger partial charge in [-0.3, -0.25) is 4.90 Å². The van der Waals surface area contributed by atoms with Crippen LogP contribution in [0.25, 0.3) is 0 Å². The maximum absolute atomic E-state index is 12.8. The molecule has 0 saturated carbocycles. The zero-order valence-corrected chi connectivity index (χ0v) is 13.4. The lowest BCUT2D eigenvalue weighted by molar-refractivity contribution is 0.245. The number of carbonyl (C=O) groups excluding carboxylic acids is 1. The summed E-state index contributed by atoms with van der Waals surface area (Å²) in [6.07, 6.45) is 0. The fraction of sp³-hybridized carbons (Fsp3) is 0.0952. The molecule has 1 aliphatic heterocycles. The van der Waals surface area contributed by atoms with Crippen molar-refractivity contribution in [1.82, 2.24) is 5.32 Å². The number of carbonyl (C=O) groups is 1. The number of amides is 2. The van der Waals surface area contributed by atoms with Crippen LogP contribution in [0.2, 0.25) is 0 Å². The Morgan fingerprint density at radius 2 is 1.50 bits per heavy atom. The second kappa shape index (κ2) is 5.85. The Morgan fingerprint density at radius 3 is 2.25 bits per heavy atom. The number of benzene rings is 3. The van der Waals surface area contributed by atoms with E-state index in [1.54, 1.807) is 4.90 Å². The van der Waals surface area contributed by atoms with Crippen LogP contribution in [0.4, 0.5) is 16.2 Å². The number of para-hydroxylation sites is 2. The zero-order valence-electron chi connectivity index (χ0n) is 13.4. The smallest absolute Gasteiger partial charge is 0.326 e. The van der Waals surface area contributed by atoms with Crippen LogP contribution >= 0.6 is 0 Å². The first-order valence-electron chi connectivity index (χ1n) is 8.05. The summed E-state index contributed by atoms with van der Waals surface area (Å²) in [4.78, 5) is 14.6. The number of nitrogens with zero attached hydrogens (tertiary/aromatic N) is 1. The first-order chi connectivity index (χ1) is 11.7. The fourth-order valence-electron chi connectivity index (χ4n) is 3.17. The SMILES string of the molecule is Cc1ccc(C2NC(=O)N(c3ccccc3)c3ccccc32)cc1. The highest BCUT2D eigenvalue weighted by molar-refractivity contribution is 6.02. The van der Waals surface area contributed by atoms with Crippen molar-refractivity contribution < 1.29 is 4.79 Å². The van der Waals surface area contributed by atoms with Crippen molar-refractivity contribution in [1.29, 1.82) is 0 Å². The van der Waals surface area contributed by atoms with Crippen molar-refractivity contribution in [3.05, 3.63) is 95.6 Å². The van der Waals surface area contributed by atoms with E-state index in [-0.39, 0.29) is 12.1 Å². The van der Waals surface area contributed by atoms with Gasteiger partial charge in [-0.2, -0.15) is 0 Å². The summed E-state index contributed by atoms with van der Waals surface area (Å²) < 4.78 is 0. The van der Waals surface area contributed by atoms with E-state index in [0.717, 1.165) is 22.5 Å². The Hall–Kier alpha value is -3.07. The summed E-state index contributed by atoms with van der Waals surface area (Å²) in [5.74, 6) is 0. The molecule has 0 aromatic heterocycles. The van der Waals surface area contributed by atoms with E-state index < -0.39 is 0 Å². The van der Waals surface area contributed by atoms with E-state index in [1.807, 2.05) is 48.5 Å². The van der Waals surface area contributed by atoms with Crippen molar-refractivity contribution in [2.24, 2.45) is 0 Å². The average Bonchev–Trinajstić information content (AvgIpc) is 2.62. The van der Waals surface area contributed by atoms with E-state index in [4.69, 9.17) is 0 Å². The third-order valence-corrected chi connectivity index (χ3v) is 4.38. The number of rotatable bonds is 2. The first-order valence-corrected chi connectivity index (χ1v) is 8.05. The molecule has 0 radical (unpaired) electrons. The van der Waals surface area contributed by atoms with Gasteiger partial charge < -0.3 is 5.32 Å². The van der Waals surface area contributed by atoms with E-state index in [2.05, 4.69) is 42.6 Å². The molecule has 1 atom stereocenters. The van der Waals surface area contributed by atoms with E-state index >= 15 is 0 Å². The molecule has 0 bridgehead atoms. The Balaban J connectivity index is 1.83. The molecule has 118 valence electrons. The number of fused-ring (bicyclic) bond motifs is 1. The largest absolute Gasteiger partial charge is 0.327 e. The normalized spacial score (nSPS) is 16.5. The van der Waals surface area contributed by atoms with Crippen LogP contribution in [0.1, 0.15) is 22.7 Å². The molecule has 24 heavy (non-hydrogen) atoms. The van der Waals surface area contributed by atoms with Crippen molar-refractivity contribution in [2.75, 3.05) is 4.90 Å². The average molecular weight is 314 g/mol. The summed E-state index contributed by atoms with van der Waals surface area (Å²) >= 11 is 0. The van der Waals surface area contributed by atoms with Gasteiger partial charge in [0.05, 0.1) is 17.4 Å². The van der Waals surface area contributed by atoms with Crippen LogP contribution in [0.15, 0.2) is 78.9 Å². The Kier molecular flexibility index (Phi) is 3.54. The van der Waals surface area contributed by atoms with Crippen molar-refractivity contribution in [3.63, 3.8) is 0 Å². The van der Waals surface area contributed by atoms with Gasteiger partial charge in [0.1, 0.15) is 0 Å². The Labute approximate surface area is 141 Å². The van der Waals surface area contributed by atoms with Crippen LogP contribution in [0.5, 0.6) is 0 Å².